The molecule has 0 aliphatic carbocycles. The van der Waals surface area contributed by atoms with E-state index in [1.807, 2.05) is 60.7 Å². The molecule has 1 N–H and O–H groups in total. The van der Waals surface area contributed by atoms with Crippen LogP contribution in [-0.4, -0.2) is 12.1 Å². The van der Waals surface area contributed by atoms with E-state index in [4.69, 9.17) is 39.5 Å². The van der Waals surface area contributed by atoms with E-state index in [0.717, 1.165) is 21.9 Å². The molecule has 4 nitrogen and oxygen atoms in total. The largest absolute Gasteiger partial charge is 0.488 e. The Morgan fingerprint density at radius 3 is 2.47 bits per heavy atom. The lowest BCUT2D eigenvalue weighted by Gasteiger charge is -2.12. The van der Waals surface area contributed by atoms with Gasteiger partial charge in [0.15, 0.2) is 0 Å². The normalized spacial score (nSPS) is 11.1. The van der Waals surface area contributed by atoms with Gasteiger partial charge in [0.25, 0.3) is 5.91 Å². The van der Waals surface area contributed by atoms with Gasteiger partial charge in [0.1, 0.15) is 12.4 Å². The SMILES string of the molecule is O=C(N/N=C\c1c(OCc2ccccc2Cl)ccc2ccccc12)c1ccc(Cl)c(Cl)c1. The van der Waals surface area contributed by atoms with Gasteiger partial charge in [-0.2, -0.15) is 5.10 Å². The predicted molar refractivity (Wildman–Crippen MR) is 131 cm³/mol. The van der Waals surface area contributed by atoms with E-state index in [-0.39, 0.29) is 0 Å². The first-order chi connectivity index (χ1) is 15.5. The minimum atomic E-state index is -0.404. The van der Waals surface area contributed by atoms with Gasteiger partial charge < -0.3 is 4.74 Å². The molecule has 4 aromatic carbocycles. The van der Waals surface area contributed by atoms with Crippen LogP contribution in [0.3, 0.4) is 0 Å². The van der Waals surface area contributed by atoms with E-state index in [9.17, 15) is 4.79 Å². The number of nitrogens with zero attached hydrogens (tertiary/aromatic N) is 1. The highest BCUT2D eigenvalue weighted by Crippen LogP contribution is 2.28. The summed E-state index contributed by atoms with van der Waals surface area (Å²) in [6.07, 6.45) is 1.57. The summed E-state index contributed by atoms with van der Waals surface area (Å²) in [5.74, 6) is 0.217. The van der Waals surface area contributed by atoms with Gasteiger partial charge >= 0.3 is 0 Å². The van der Waals surface area contributed by atoms with Gasteiger partial charge in [0.2, 0.25) is 0 Å². The Morgan fingerprint density at radius 2 is 1.66 bits per heavy atom. The molecule has 7 heteroatoms. The first kappa shape index (κ1) is 22.2. The standard InChI is InChI=1S/C25H17Cl3N2O2/c26-21-8-4-2-6-18(21)15-32-24-12-10-16-5-1-3-7-19(16)20(24)14-29-30-25(31)17-9-11-22(27)23(28)13-17/h1-14H,15H2,(H,30,31)/b29-14-. The second-order valence-corrected chi connectivity index (χ2v) is 8.13. The number of carbonyl (C=O) groups excluding carboxylic acids is 1. The Hall–Kier alpha value is -3.05. The number of fused-ring (bicyclic) bond motifs is 1. The molecule has 0 aromatic heterocycles. The summed E-state index contributed by atoms with van der Waals surface area (Å²) in [6, 6.07) is 23.9. The number of carbonyl (C=O) groups is 1. The molecule has 0 aliphatic heterocycles. The van der Waals surface area contributed by atoms with Crippen LogP contribution >= 0.6 is 34.8 Å². The van der Waals surface area contributed by atoms with Crippen LogP contribution in [0.25, 0.3) is 10.8 Å². The molecule has 0 spiro atoms. The number of nitrogens with one attached hydrogen (secondary N) is 1. The van der Waals surface area contributed by atoms with E-state index in [1.54, 1.807) is 18.3 Å². The fourth-order valence-electron chi connectivity index (χ4n) is 3.16. The van der Waals surface area contributed by atoms with Crippen LogP contribution in [0.4, 0.5) is 0 Å². The first-order valence-electron chi connectivity index (χ1n) is 9.69. The van der Waals surface area contributed by atoms with Crippen molar-refractivity contribution in [3.05, 3.63) is 111 Å². The lowest BCUT2D eigenvalue weighted by Crippen LogP contribution is -2.17. The van der Waals surface area contributed by atoms with E-state index < -0.39 is 5.91 Å². The number of halogens is 3. The Kier molecular flexibility index (Phi) is 6.96. The summed E-state index contributed by atoms with van der Waals surface area (Å²) in [5.41, 5.74) is 4.49. The number of ether oxygens (including phenoxy) is 1. The van der Waals surface area contributed by atoms with Gasteiger partial charge in [0.05, 0.1) is 16.3 Å². The van der Waals surface area contributed by atoms with Crippen molar-refractivity contribution in [2.45, 2.75) is 6.61 Å². The van der Waals surface area contributed by atoms with Crippen LogP contribution in [0.5, 0.6) is 5.75 Å². The second-order valence-electron chi connectivity index (χ2n) is 6.91. The summed E-state index contributed by atoms with van der Waals surface area (Å²) in [5, 5.41) is 7.42. The number of hydrazone groups is 1. The monoisotopic (exact) mass is 482 g/mol. The van der Waals surface area contributed by atoms with Crippen molar-refractivity contribution < 1.29 is 9.53 Å². The van der Waals surface area contributed by atoms with Crippen molar-refractivity contribution in [1.29, 1.82) is 0 Å². The molecule has 0 unspecified atom stereocenters. The topological polar surface area (TPSA) is 50.7 Å². The molecule has 160 valence electrons. The number of benzene rings is 4. The molecular formula is C25H17Cl3N2O2. The van der Waals surface area contributed by atoms with Crippen molar-refractivity contribution in [3.63, 3.8) is 0 Å². The smallest absolute Gasteiger partial charge is 0.271 e. The third-order valence-electron chi connectivity index (χ3n) is 4.81. The van der Waals surface area contributed by atoms with Crippen molar-refractivity contribution in [2.24, 2.45) is 5.10 Å². The van der Waals surface area contributed by atoms with Crippen molar-refractivity contribution in [1.82, 2.24) is 5.43 Å². The van der Waals surface area contributed by atoms with Crippen LogP contribution in [0.1, 0.15) is 21.5 Å². The van der Waals surface area contributed by atoms with Gasteiger partial charge in [-0.1, -0.05) is 83.3 Å². The quantitative estimate of drug-likeness (QED) is 0.234. The Bertz CT molecular complexity index is 1320. The lowest BCUT2D eigenvalue weighted by molar-refractivity contribution is 0.0955. The van der Waals surface area contributed by atoms with Crippen LogP contribution in [-0.2, 0) is 6.61 Å². The molecule has 4 aromatic rings. The Morgan fingerprint density at radius 1 is 0.875 bits per heavy atom. The average molecular weight is 484 g/mol. The van der Waals surface area contributed by atoms with Crippen molar-refractivity contribution in [2.75, 3.05) is 0 Å². The average Bonchev–Trinajstić information content (AvgIpc) is 2.81. The third kappa shape index (κ3) is 5.05. The molecule has 0 radical (unpaired) electrons. The van der Waals surface area contributed by atoms with E-state index >= 15 is 0 Å². The van der Waals surface area contributed by atoms with Crippen LogP contribution in [0.15, 0.2) is 84.0 Å². The molecule has 0 aliphatic rings. The van der Waals surface area contributed by atoms with Crippen molar-refractivity contribution in [3.8, 4) is 5.75 Å². The van der Waals surface area contributed by atoms with Gasteiger partial charge in [-0.25, -0.2) is 5.43 Å². The second kappa shape index (κ2) is 10.0. The fraction of sp³-hybridized carbons (Fsp3) is 0.0400. The minimum absolute atomic E-state index is 0.299. The van der Waals surface area contributed by atoms with E-state index in [1.165, 1.54) is 6.07 Å². The first-order valence-corrected chi connectivity index (χ1v) is 10.8. The summed E-state index contributed by atoms with van der Waals surface area (Å²) in [6.45, 7) is 0.300. The highest BCUT2D eigenvalue weighted by Gasteiger charge is 2.10. The molecule has 4 rings (SSSR count). The number of amides is 1. The summed E-state index contributed by atoms with van der Waals surface area (Å²) < 4.78 is 6.06. The summed E-state index contributed by atoms with van der Waals surface area (Å²) in [4.78, 5) is 12.4. The zero-order valence-corrected chi connectivity index (χ0v) is 19.0. The number of hydrogen-bond acceptors (Lipinski definition) is 3. The van der Waals surface area contributed by atoms with Gasteiger partial charge in [-0.05, 0) is 41.1 Å². The van der Waals surface area contributed by atoms with Crippen LogP contribution in [0.2, 0.25) is 15.1 Å². The molecular weight excluding hydrogens is 467 g/mol. The molecule has 0 fully saturated rings. The maximum Gasteiger partial charge on any atom is 0.271 e. The molecule has 0 heterocycles. The zero-order valence-electron chi connectivity index (χ0n) is 16.7. The fourth-order valence-corrected chi connectivity index (χ4v) is 3.65. The molecule has 0 bridgehead atoms. The molecule has 32 heavy (non-hydrogen) atoms. The van der Waals surface area contributed by atoms with Gasteiger partial charge in [-0.15, -0.1) is 0 Å². The highest BCUT2D eigenvalue weighted by atomic mass is 35.5. The Labute approximate surface area is 200 Å². The third-order valence-corrected chi connectivity index (χ3v) is 5.92. The minimum Gasteiger partial charge on any atom is -0.488 e. The van der Waals surface area contributed by atoms with Crippen LogP contribution < -0.4 is 10.2 Å². The Balaban J connectivity index is 1.59. The molecule has 1 amide bonds. The molecule has 0 saturated heterocycles. The maximum atomic E-state index is 12.4. The summed E-state index contributed by atoms with van der Waals surface area (Å²) in [7, 11) is 0. The molecule has 0 atom stereocenters. The lowest BCUT2D eigenvalue weighted by atomic mass is 10.0. The van der Waals surface area contributed by atoms with Gasteiger partial charge in [-0.3, -0.25) is 4.79 Å². The van der Waals surface area contributed by atoms with Gasteiger partial charge in [0, 0.05) is 21.7 Å². The van der Waals surface area contributed by atoms with E-state index in [2.05, 4.69) is 10.5 Å². The number of rotatable bonds is 6. The maximum absolute atomic E-state index is 12.4. The van der Waals surface area contributed by atoms with E-state index in [0.29, 0.717) is 33.0 Å². The zero-order chi connectivity index (χ0) is 22.5. The highest BCUT2D eigenvalue weighted by molar-refractivity contribution is 6.42. The van der Waals surface area contributed by atoms with Crippen LogP contribution in [0, 0.1) is 0 Å². The predicted octanol–water partition coefficient (Wildman–Crippen LogP) is 7.14. The van der Waals surface area contributed by atoms with Crippen molar-refractivity contribution >= 4 is 57.7 Å². The summed E-state index contributed by atoms with van der Waals surface area (Å²) >= 11 is 18.2. The number of hydrogen-bond donors (Lipinski definition) is 1. The molecule has 0 saturated carbocycles.